The topological polar surface area (TPSA) is 127 Å². The van der Waals surface area contributed by atoms with Crippen LogP contribution in [0.3, 0.4) is 0 Å². The molecule has 128 valence electrons. The van der Waals surface area contributed by atoms with Gasteiger partial charge in [0.15, 0.2) is 0 Å². The Kier molecular flexibility index (Phi) is 4.29. The Hall–Kier alpha value is -3.49. The summed E-state index contributed by atoms with van der Waals surface area (Å²) in [5.74, 6) is -0.344. The zero-order chi connectivity index (χ0) is 18.0. The van der Waals surface area contributed by atoms with Crippen LogP contribution in [-0.2, 0) is 4.79 Å². The molecule has 0 spiro atoms. The van der Waals surface area contributed by atoms with Crippen LogP contribution < -0.4 is 10.9 Å². The molecule has 1 saturated carbocycles. The second-order valence-electron chi connectivity index (χ2n) is 5.69. The van der Waals surface area contributed by atoms with Crippen LogP contribution in [0.2, 0.25) is 0 Å². The Morgan fingerprint density at radius 3 is 2.40 bits per heavy atom. The smallest absolute Gasteiger partial charge is 0.292 e. The predicted molar refractivity (Wildman–Crippen MR) is 88.8 cm³/mol. The van der Waals surface area contributed by atoms with Gasteiger partial charge in [0.05, 0.1) is 15.9 Å². The van der Waals surface area contributed by atoms with Gasteiger partial charge in [-0.15, -0.1) is 0 Å². The highest BCUT2D eigenvalue weighted by Crippen LogP contribution is 2.47. The maximum atomic E-state index is 12.2. The van der Waals surface area contributed by atoms with Gasteiger partial charge in [-0.25, -0.2) is 0 Å². The SMILES string of the molecule is O=C(NNc1ccc([N+](=O)[O-])cc1[N+](=O)[O-])[C@@H]1C[C@H]1c1ccccc1. The zero-order valence-electron chi connectivity index (χ0n) is 12.9. The van der Waals surface area contributed by atoms with Gasteiger partial charge in [-0.1, -0.05) is 30.3 Å². The van der Waals surface area contributed by atoms with Gasteiger partial charge < -0.3 is 0 Å². The fraction of sp³-hybridized carbons (Fsp3) is 0.188. The molecular weight excluding hydrogens is 328 g/mol. The van der Waals surface area contributed by atoms with Crippen molar-refractivity contribution < 1.29 is 14.6 Å². The number of hydrazine groups is 1. The fourth-order valence-electron chi connectivity index (χ4n) is 2.67. The Morgan fingerprint density at radius 2 is 1.76 bits per heavy atom. The molecule has 2 aromatic carbocycles. The Balaban J connectivity index is 1.65. The number of carbonyl (C=O) groups excluding carboxylic acids is 1. The van der Waals surface area contributed by atoms with Crippen LogP contribution in [0, 0.1) is 26.1 Å². The van der Waals surface area contributed by atoms with E-state index in [1.807, 2.05) is 30.3 Å². The van der Waals surface area contributed by atoms with Crippen molar-refractivity contribution in [2.24, 2.45) is 5.92 Å². The lowest BCUT2D eigenvalue weighted by Crippen LogP contribution is -2.31. The molecule has 1 aliphatic rings. The lowest BCUT2D eigenvalue weighted by molar-refractivity contribution is -0.393. The van der Waals surface area contributed by atoms with Crippen LogP contribution in [0.15, 0.2) is 48.5 Å². The standard InChI is InChI=1S/C16H14N4O5/c21-16(13-9-12(13)10-4-2-1-3-5-10)18-17-14-7-6-11(19(22)23)8-15(14)20(24)25/h1-8,12-13,17H,9H2,(H,18,21)/t12-,13+/m0/s1. The van der Waals surface area contributed by atoms with Crippen LogP contribution in [0.5, 0.6) is 0 Å². The van der Waals surface area contributed by atoms with Crippen molar-refractivity contribution in [2.45, 2.75) is 12.3 Å². The molecule has 2 N–H and O–H groups in total. The van der Waals surface area contributed by atoms with Gasteiger partial charge in [0, 0.05) is 12.0 Å². The van der Waals surface area contributed by atoms with Crippen molar-refractivity contribution in [2.75, 3.05) is 5.43 Å². The minimum atomic E-state index is -0.745. The third-order valence-corrected chi connectivity index (χ3v) is 4.06. The highest BCUT2D eigenvalue weighted by Gasteiger charge is 2.43. The molecule has 0 aromatic heterocycles. The van der Waals surface area contributed by atoms with Crippen molar-refractivity contribution in [3.8, 4) is 0 Å². The number of amides is 1. The molecule has 0 heterocycles. The number of nitro groups is 2. The Morgan fingerprint density at radius 1 is 1.04 bits per heavy atom. The number of anilines is 1. The Labute approximate surface area is 141 Å². The van der Waals surface area contributed by atoms with E-state index in [-0.39, 0.29) is 23.4 Å². The van der Waals surface area contributed by atoms with Crippen molar-refractivity contribution in [3.63, 3.8) is 0 Å². The lowest BCUT2D eigenvalue weighted by Gasteiger charge is -2.09. The molecule has 0 aliphatic heterocycles. The molecule has 0 radical (unpaired) electrons. The number of hydrogen-bond acceptors (Lipinski definition) is 6. The molecule has 0 bridgehead atoms. The molecule has 1 fully saturated rings. The zero-order valence-corrected chi connectivity index (χ0v) is 12.9. The number of carbonyl (C=O) groups is 1. The minimum Gasteiger partial charge on any atom is -0.292 e. The molecule has 2 atom stereocenters. The van der Waals surface area contributed by atoms with Gasteiger partial charge in [-0.05, 0) is 24.0 Å². The number of benzene rings is 2. The summed E-state index contributed by atoms with van der Waals surface area (Å²) in [6.45, 7) is 0. The van der Waals surface area contributed by atoms with Crippen molar-refractivity contribution in [3.05, 3.63) is 74.3 Å². The fourth-order valence-corrected chi connectivity index (χ4v) is 2.67. The summed E-state index contributed by atoms with van der Waals surface area (Å²) in [6, 6.07) is 12.8. The van der Waals surface area contributed by atoms with E-state index in [1.54, 1.807) is 0 Å². The van der Waals surface area contributed by atoms with Crippen molar-refractivity contribution in [1.29, 1.82) is 0 Å². The van der Waals surface area contributed by atoms with Gasteiger partial charge in [0.2, 0.25) is 5.91 Å². The van der Waals surface area contributed by atoms with E-state index < -0.39 is 21.2 Å². The summed E-state index contributed by atoms with van der Waals surface area (Å²) in [5, 5.41) is 21.8. The molecular formula is C16H14N4O5. The summed E-state index contributed by atoms with van der Waals surface area (Å²) < 4.78 is 0. The van der Waals surface area contributed by atoms with Crippen LogP contribution in [-0.4, -0.2) is 15.8 Å². The van der Waals surface area contributed by atoms with E-state index in [4.69, 9.17) is 0 Å². The summed E-state index contributed by atoms with van der Waals surface area (Å²) in [5.41, 5.74) is 5.12. The molecule has 3 rings (SSSR count). The highest BCUT2D eigenvalue weighted by molar-refractivity contribution is 5.84. The first kappa shape index (κ1) is 16.4. The number of nitro benzene ring substituents is 2. The molecule has 1 aliphatic carbocycles. The molecule has 9 nitrogen and oxygen atoms in total. The second-order valence-corrected chi connectivity index (χ2v) is 5.69. The number of non-ortho nitro benzene ring substituents is 1. The third-order valence-electron chi connectivity index (χ3n) is 4.06. The van der Waals surface area contributed by atoms with Gasteiger partial charge in [0.25, 0.3) is 5.69 Å². The van der Waals surface area contributed by atoms with E-state index in [2.05, 4.69) is 10.9 Å². The van der Waals surface area contributed by atoms with E-state index >= 15 is 0 Å². The number of rotatable bonds is 6. The molecule has 0 saturated heterocycles. The normalized spacial score (nSPS) is 18.2. The maximum absolute atomic E-state index is 12.2. The average molecular weight is 342 g/mol. The van der Waals surface area contributed by atoms with Gasteiger partial charge in [-0.3, -0.25) is 35.9 Å². The largest absolute Gasteiger partial charge is 0.300 e. The first-order valence-electron chi connectivity index (χ1n) is 7.51. The van der Waals surface area contributed by atoms with Crippen LogP contribution in [0.25, 0.3) is 0 Å². The molecule has 25 heavy (non-hydrogen) atoms. The number of nitrogens with zero attached hydrogens (tertiary/aromatic N) is 2. The summed E-state index contributed by atoms with van der Waals surface area (Å²) >= 11 is 0. The molecule has 9 heteroatoms. The second kappa shape index (κ2) is 6.56. The monoisotopic (exact) mass is 342 g/mol. The maximum Gasteiger partial charge on any atom is 0.300 e. The van der Waals surface area contributed by atoms with Gasteiger partial charge >= 0.3 is 5.69 Å². The number of nitrogens with one attached hydrogen (secondary N) is 2. The third kappa shape index (κ3) is 3.55. The molecule has 0 unspecified atom stereocenters. The van der Waals surface area contributed by atoms with Crippen LogP contribution in [0.1, 0.15) is 17.9 Å². The van der Waals surface area contributed by atoms with Crippen LogP contribution in [0.4, 0.5) is 17.1 Å². The van der Waals surface area contributed by atoms with E-state index in [9.17, 15) is 25.0 Å². The van der Waals surface area contributed by atoms with E-state index in [0.29, 0.717) is 6.42 Å². The van der Waals surface area contributed by atoms with Gasteiger partial charge in [0.1, 0.15) is 5.69 Å². The summed E-state index contributed by atoms with van der Waals surface area (Å²) in [4.78, 5) is 32.5. The van der Waals surface area contributed by atoms with Crippen LogP contribution >= 0.6 is 0 Å². The first-order valence-corrected chi connectivity index (χ1v) is 7.51. The van der Waals surface area contributed by atoms with Crippen molar-refractivity contribution in [1.82, 2.24) is 5.43 Å². The van der Waals surface area contributed by atoms with E-state index in [1.165, 1.54) is 6.07 Å². The highest BCUT2D eigenvalue weighted by atomic mass is 16.6. The van der Waals surface area contributed by atoms with Gasteiger partial charge in [-0.2, -0.15) is 0 Å². The molecule has 2 aromatic rings. The predicted octanol–water partition coefficient (Wildman–Crippen LogP) is 2.75. The Bertz CT molecular complexity index is 840. The first-order chi connectivity index (χ1) is 12.0. The number of hydrogen-bond donors (Lipinski definition) is 2. The van der Waals surface area contributed by atoms with Crippen molar-refractivity contribution >= 4 is 23.0 Å². The average Bonchev–Trinajstić information content (AvgIpc) is 3.41. The summed E-state index contributed by atoms with van der Waals surface area (Å²) in [7, 11) is 0. The lowest BCUT2D eigenvalue weighted by atomic mass is 10.1. The molecule has 1 amide bonds. The van der Waals surface area contributed by atoms with E-state index in [0.717, 1.165) is 17.7 Å². The summed E-state index contributed by atoms with van der Waals surface area (Å²) in [6.07, 6.45) is 0.708. The minimum absolute atomic E-state index is 0.0131. The quantitative estimate of drug-likeness (QED) is 0.614.